The predicted octanol–water partition coefficient (Wildman–Crippen LogP) is 2.68. The number of ether oxygens (including phenoxy) is 1. The Morgan fingerprint density at radius 3 is 2.92 bits per heavy atom. The molecule has 2 N–H and O–H groups in total. The topological polar surface area (TPSA) is 83.0 Å². The molecule has 1 aliphatic heterocycles. The van der Waals surface area contributed by atoms with Gasteiger partial charge in [-0.15, -0.1) is 10.2 Å². The van der Waals surface area contributed by atoms with Crippen molar-refractivity contribution in [2.24, 2.45) is 5.73 Å². The highest BCUT2D eigenvalue weighted by molar-refractivity contribution is 7.99. The maximum atomic E-state index is 11.1. The third kappa shape index (κ3) is 5.44. The second kappa shape index (κ2) is 9.54. The molecule has 1 fully saturated rings. The molecular weight excluding hydrogens is 348 g/mol. The maximum Gasteiger partial charge on any atom is 0.217 e. The summed E-state index contributed by atoms with van der Waals surface area (Å²) in [5, 5.41) is 9.45. The fourth-order valence-electron chi connectivity index (χ4n) is 2.89. The minimum absolute atomic E-state index is 0.192. The van der Waals surface area contributed by atoms with E-state index in [4.69, 9.17) is 10.5 Å². The average molecular weight is 372 g/mol. The van der Waals surface area contributed by atoms with E-state index in [0.717, 1.165) is 42.7 Å². The van der Waals surface area contributed by atoms with Crippen molar-refractivity contribution in [2.45, 2.75) is 43.5 Å². The van der Waals surface area contributed by atoms with Gasteiger partial charge in [0.2, 0.25) is 5.91 Å². The van der Waals surface area contributed by atoms with E-state index in [0.29, 0.717) is 6.42 Å². The largest absolute Gasteiger partial charge is 0.376 e. The molecule has 3 rings (SSSR count). The first-order valence-corrected chi connectivity index (χ1v) is 9.87. The molecule has 138 valence electrons. The monoisotopic (exact) mass is 372 g/mol. The van der Waals surface area contributed by atoms with Crippen LogP contribution in [0, 0.1) is 0 Å². The van der Waals surface area contributed by atoms with Crippen LogP contribution < -0.4 is 5.73 Å². The summed E-state index contributed by atoms with van der Waals surface area (Å²) in [6, 6.07) is 10.2. The number of hydrogen-bond acceptors (Lipinski definition) is 5. The number of nitrogens with zero attached hydrogens (tertiary/aromatic N) is 3. The SMILES string of the molecule is NC(=O)CCc1nnc(SC/C=C/c2ccccc2)n1CC1CCCO1. The predicted molar refractivity (Wildman–Crippen MR) is 103 cm³/mol. The summed E-state index contributed by atoms with van der Waals surface area (Å²) in [5.74, 6) is 1.28. The van der Waals surface area contributed by atoms with E-state index in [-0.39, 0.29) is 18.4 Å². The van der Waals surface area contributed by atoms with Crippen LogP contribution in [0.15, 0.2) is 41.6 Å². The van der Waals surface area contributed by atoms with E-state index < -0.39 is 0 Å². The molecule has 1 aromatic heterocycles. The van der Waals surface area contributed by atoms with Gasteiger partial charge in [-0.3, -0.25) is 4.79 Å². The molecule has 7 heteroatoms. The van der Waals surface area contributed by atoms with E-state index in [9.17, 15) is 4.79 Å². The van der Waals surface area contributed by atoms with Crippen molar-refractivity contribution < 1.29 is 9.53 Å². The Bertz CT molecular complexity index is 739. The van der Waals surface area contributed by atoms with Crippen molar-refractivity contribution in [3.05, 3.63) is 47.8 Å². The Kier molecular flexibility index (Phi) is 6.85. The van der Waals surface area contributed by atoms with Crippen LogP contribution in [0.25, 0.3) is 6.08 Å². The zero-order chi connectivity index (χ0) is 18.2. The number of amides is 1. The zero-order valence-electron chi connectivity index (χ0n) is 14.7. The first-order valence-electron chi connectivity index (χ1n) is 8.89. The zero-order valence-corrected chi connectivity index (χ0v) is 15.5. The molecule has 1 amide bonds. The van der Waals surface area contributed by atoms with E-state index in [1.165, 1.54) is 5.56 Å². The van der Waals surface area contributed by atoms with Crippen molar-refractivity contribution in [3.63, 3.8) is 0 Å². The molecular formula is C19H24N4O2S. The normalized spacial score (nSPS) is 17.2. The first kappa shape index (κ1) is 18.7. The number of carbonyl (C=O) groups is 1. The fraction of sp³-hybridized carbons (Fsp3) is 0.421. The second-order valence-electron chi connectivity index (χ2n) is 6.23. The summed E-state index contributed by atoms with van der Waals surface area (Å²) < 4.78 is 7.84. The van der Waals surface area contributed by atoms with Crippen molar-refractivity contribution in [1.29, 1.82) is 0 Å². The van der Waals surface area contributed by atoms with Gasteiger partial charge >= 0.3 is 0 Å². The Hall–Kier alpha value is -2.12. The summed E-state index contributed by atoms with van der Waals surface area (Å²) in [5.41, 5.74) is 6.46. The maximum absolute atomic E-state index is 11.1. The molecule has 0 radical (unpaired) electrons. The minimum atomic E-state index is -0.323. The number of hydrogen-bond donors (Lipinski definition) is 1. The second-order valence-corrected chi connectivity index (χ2v) is 7.22. The molecule has 2 heterocycles. The summed E-state index contributed by atoms with van der Waals surface area (Å²) in [4.78, 5) is 11.1. The number of rotatable bonds is 9. The molecule has 1 aliphatic rings. The minimum Gasteiger partial charge on any atom is -0.376 e. The van der Waals surface area contributed by atoms with Gasteiger partial charge in [0.1, 0.15) is 5.82 Å². The lowest BCUT2D eigenvalue weighted by Gasteiger charge is -2.14. The molecule has 26 heavy (non-hydrogen) atoms. The van der Waals surface area contributed by atoms with Gasteiger partial charge in [-0.1, -0.05) is 54.2 Å². The van der Waals surface area contributed by atoms with Crippen LogP contribution in [0.2, 0.25) is 0 Å². The molecule has 0 spiro atoms. The molecule has 1 saturated heterocycles. The quantitative estimate of drug-likeness (QED) is 0.684. The van der Waals surface area contributed by atoms with E-state index >= 15 is 0 Å². The summed E-state index contributed by atoms with van der Waals surface area (Å²) >= 11 is 1.64. The van der Waals surface area contributed by atoms with E-state index in [2.05, 4.69) is 39.0 Å². The van der Waals surface area contributed by atoms with Gasteiger partial charge in [-0.2, -0.15) is 0 Å². The number of thioether (sulfide) groups is 1. The highest BCUT2D eigenvalue weighted by Gasteiger charge is 2.21. The molecule has 1 aromatic carbocycles. The number of benzene rings is 1. The fourth-order valence-corrected chi connectivity index (χ4v) is 3.67. The third-order valence-electron chi connectivity index (χ3n) is 4.22. The van der Waals surface area contributed by atoms with Crippen molar-refractivity contribution >= 4 is 23.7 Å². The molecule has 0 saturated carbocycles. The van der Waals surface area contributed by atoms with E-state index in [1.807, 2.05) is 18.2 Å². The molecule has 0 aliphatic carbocycles. The Labute approximate surface area is 157 Å². The van der Waals surface area contributed by atoms with Crippen LogP contribution in [0.3, 0.4) is 0 Å². The number of carbonyl (C=O) groups excluding carboxylic acids is 1. The molecule has 0 bridgehead atoms. The van der Waals surface area contributed by atoms with Gasteiger partial charge in [-0.05, 0) is 18.4 Å². The lowest BCUT2D eigenvalue weighted by Crippen LogP contribution is -2.19. The van der Waals surface area contributed by atoms with Crippen LogP contribution in [-0.4, -0.2) is 39.1 Å². The van der Waals surface area contributed by atoms with Crippen LogP contribution >= 0.6 is 11.8 Å². The lowest BCUT2D eigenvalue weighted by molar-refractivity contribution is -0.118. The Morgan fingerprint density at radius 2 is 2.19 bits per heavy atom. The van der Waals surface area contributed by atoms with Gasteiger partial charge in [-0.25, -0.2) is 0 Å². The highest BCUT2D eigenvalue weighted by Crippen LogP contribution is 2.22. The highest BCUT2D eigenvalue weighted by atomic mass is 32.2. The number of primary amides is 1. The third-order valence-corrected chi connectivity index (χ3v) is 5.14. The Balaban J connectivity index is 1.64. The van der Waals surface area contributed by atoms with E-state index in [1.54, 1.807) is 11.8 Å². The number of nitrogens with two attached hydrogens (primary N) is 1. The van der Waals surface area contributed by atoms with Gasteiger partial charge < -0.3 is 15.0 Å². The first-order chi connectivity index (χ1) is 12.7. The average Bonchev–Trinajstić information content (AvgIpc) is 3.29. The molecule has 6 nitrogen and oxygen atoms in total. The van der Waals surface area contributed by atoms with Gasteiger partial charge in [0, 0.05) is 25.2 Å². The summed E-state index contributed by atoms with van der Waals surface area (Å²) in [7, 11) is 0. The van der Waals surface area contributed by atoms with Crippen LogP contribution in [0.1, 0.15) is 30.7 Å². The van der Waals surface area contributed by atoms with Crippen LogP contribution in [-0.2, 0) is 22.5 Å². The molecule has 2 aromatic rings. The van der Waals surface area contributed by atoms with Gasteiger partial charge in [0.15, 0.2) is 5.16 Å². The summed E-state index contributed by atoms with van der Waals surface area (Å²) in [6.45, 7) is 1.54. The van der Waals surface area contributed by atoms with Crippen LogP contribution in [0.4, 0.5) is 0 Å². The smallest absolute Gasteiger partial charge is 0.217 e. The van der Waals surface area contributed by atoms with Crippen molar-refractivity contribution in [2.75, 3.05) is 12.4 Å². The van der Waals surface area contributed by atoms with Gasteiger partial charge in [0.25, 0.3) is 0 Å². The number of aryl methyl sites for hydroxylation is 1. The standard InChI is InChI=1S/C19H24N4O2S/c20-17(24)10-11-18-21-22-19(23(18)14-16-9-4-12-25-16)26-13-5-8-15-6-2-1-3-7-15/h1-3,5-8,16H,4,9-14H2,(H2,20,24)/b8-5+. The van der Waals surface area contributed by atoms with Crippen molar-refractivity contribution in [3.8, 4) is 0 Å². The molecule has 1 unspecified atom stereocenters. The van der Waals surface area contributed by atoms with Crippen LogP contribution in [0.5, 0.6) is 0 Å². The molecule has 1 atom stereocenters. The number of aromatic nitrogens is 3. The van der Waals surface area contributed by atoms with Gasteiger partial charge in [0.05, 0.1) is 12.6 Å². The summed E-state index contributed by atoms with van der Waals surface area (Å²) in [6.07, 6.45) is 7.34. The lowest BCUT2D eigenvalue weighted by atomic mass is 10.2. The van der Waals surface area contributed by atoms with Crippen molar-refractivity contribution in [1.82, 2.24) is 14.8 Å². The Morgan fingerprint density at radius 1 is 1.35 bits per heavy atom.